The summed E-state index contributed by atoms with van der Waals surface area (Å²) in [5.41, 5.74) is 10.7. The number of aromatic nitrogens is 3. The minimum atomic E-state index is -3.48. The molecule has 1 amide bonds. The highest BCUT2D eigenvalue weighted by atomic mass is 32.2. The van der Waals surface area contributed by atoms with E-state index in [9.17, 15) is 13.2 Å². The van der Waals surface area contributed by atoms with Crippen LogP contribution in [0.15, 0.2) is 52.7 Å². The van der Waals surface area contributed by atoms with Crippen molar-refractivity contribution in [1.82, 2.24) is 18.8 Å². The molecule has 3 aromatic rings. The second-order valence-electron chi connectivity index (χ2n) is 9.20. The molecule has 37 heavy (non-hydrogen) atoms. The molecule has 1 fully saturated rings. The summed E-state index contributed by atoms with van der Waals surface area (Å²) in [4.78, 5) is 19.0. The fourth-order valence-electron chi connectivity index (χ4n) is 4.73. The van der Waals surface area contributed by atoms with Gasteiger partial charge in [-0.05, 0) is 45.0 Å². The van der Waals surface area contributed by atoms with Crippen LogP contribution in [0.3, 0.4) is 0 Å². The number of hydrogen-bond donors (Lipinski definition) is 1. The predicted molar refractivity (Wildman–Crippen MR) is 146 cm³/mol. The summed E-state index contributed by atoms with van der Waals surface area (Å²) in [5, 5.41) is 8.71. The summed E-state index contributed by atoms with van der Waals surface area (Å²) in [5.74, 6) is 0.0119. The van der Waals surface area contributed by atoms with Crippen LogP contribution < -0.4 is 10.6 Å². The van der Waals surface area contributed by atoms with Crippen molar-refractivity contribution in [2.45, 2.75) is 32.9 Å². The van der Waals surface area contributed by atoms with Crippen LogP contribution in [0.4, 0.5) is 5.69 Å². The number of hydrogen-bond acceptors (Lipinski definition) is 6. The first-order chi connectivity index (χ1) is 17.5. The number of carbonyl (C=O) groups excluding carboxylic acids is 1. The largest absolute Gasteiger partial charge is 0.382 e. The van der Waals surface area contributed by atoms with Gasteiger partial charge in [-0.3, -0.25) is 14.5 Å². The Bertz CT molecular complexity index is 1490. The van der Waals surface area contributed by atoms with E-state index in [2.05, 4.69) is 21.9 Å². The van der Waals surface area contributed by atoms with Gasteiger partial charge in [0.2, 0.25) is 15.9 Å². The van der Waals surface area contributed by atoms with E-state index >= 15 is 0 Å². The van der Waals surface area contributed by atoms with Crippen molar-refractivity contribution in [3.05, 3.63) is 48.3 Å². The molecule has 0 saturated carbocycles. The van der Waals surface area contributed by atoms with Crippen LogP contribution in [-0.2, 0) is 14.8 Å². The third kappa shape index (κ3) is 4.69. The topological polar surface area (TPSA) is 131 Å². The van der Waals surface area contributed by atoms with E-state index in [1.165, 1.54) is 4.31 Å². The highest BCUT2D eigenvalue weighted by molar-refractivity contribution is 7.88. The maximum Gasteiger partial charge on any atom is 0.245 e. The lowest BCUT2D eigenvalue weighted by molar-refractivity contribution is -0.123. The number of amides is 1. The maximum absolute atomic E-state index is 13.1. The van der Waals surface area contributed by atoms with Gasteiger partial charge in [-0.15, -0.1) is 0 Å². The number of benzene rings is 1. The average Bonchev–Trinajstić information content (AvgIpc) is 3.49. The third-order valence-corrected chi connectivity index (χ3v) is 7.87. The first-order valence-corrected chi connectivity index (χ1v) is 13.7. The first kappa shape index (κ1) is 26.3. The summed E-state index contributed by atoms with van der Waals surface area (Å²) >= 11 is 0. The van der Waals surface area contributed by atoms with Gasteiger partial charge >= 0.3 is 0 Å². The zero-order valence-corrected chi connectivity index (χ0v) is 22.5. The molecule has 2 N–H and O–H groups in total. The summed E-state index contributed by atoms with van der Waals surface area (Å²) in [7, 11) is -1.87. The predicted octanol–water partition coefficient (Wildman–Crippen LogP) is 2.40. The molecule has 12 heteroatoms. The fraction of sp³-hybridized carbons (Fsp3) is 0.360. The highest BCUT2D eigenvalue weighted by Crippen LogP contribution is 2.35. The van der Waals surface area contributed by atoms with Crippen LogP contribution in [0.25, 0.3) is 22.5 Å². The first-order valence-electron chi connectivity index (χ1n) is 11.9. The molecule has 2 aromatic heterocycles. The van der Waals surface area contributed by atoms with Gasteiger partial charge < -0.3 is 10.6 Å². The number of nitrogens with two attached hydrogens (primary N) is 1. The van der Waals surface area contributed by atoms with Crippen LogP contribution in [-0.4, -0.2) is 78.1 Å². The molecule has 0 bridgehead atoms. The van der Waals surface area contributed by atoms with Crippen molar-refractivity contribution in [3.8, 4) is 22.5 Å². The lowest BCUT2D eigenvalue weighted by atomic mass is 10.1. The van der Waals surface area contributed by atoms with Gasteiger partial charge in [0, 0.05) is 55.9 Å². The van der Waals surface area contributed by atoms with Gasteiger partial charge in [-0.1, -0.05) is 12.1 Å². The smallest absolute Gasteiger partial charge is 0.245 e. The molecule has 1 aromatic carbocycles. The SMILES string of the molecule is C=Nn1c(-c2cccc(N3CCN(S(C)(=O)=O)C(C)C3=O)c2)cc(-c2ccnn2C(C)C)c1/C(N)=N\C. The number of piperazine rings is 1. The summed E-state index contributed by atoms with van der Waals surface area (Å²) in [6, 6.07) is 10.7. The van der Waals surface area contributed by atoms with Gasteiger partial charge in [-0.2, -0.15) is 14.5 Å². The monoisotopic (exact) mass is 524 g/mol. The van der Waals surface area contributed by atoms with E-state index in [-0.39, 0.29) is 25.0 Å². The van der Waals surface area contributed by atoms with Crippen molar-refractivity contribution in [3.63, 3.8) is 0 Å². The Morgan fingerprint density at radius 2 is 1.92 bits per heavy atom. The summed E-state index contributed by atoms with van der Waals surface area (Å²) in [6.07, 6.45) is 2.86. The van der Waals surface area contributed by atoms with Crippen molar-refractivity contribution < 1.29 is 13.2 Å². The fourth-order valence-corrected chi connectivity index (χ4v) is 5.81. The number of rotatable bonds is 7. The standard InChI is InChI=1S/C25H32N8O3S/c1-16(2)32-21(10-11-29-32)20-15-22(33(28-5)23(20)24(26)27-4)18-8-7-9-19(14-18)30-12-13-31(37(6,35)36)17(3)25(30)34/h7-11,14-17H,5,12-13H2,1-4,6H3,(H2,26,27). The normalized spacial score (nSPS) is 17.6. The Morgan fingerprint density at radius 1 is 1.19 bits per heavy atom. The van der Waals surface area contributed by atoms with Crippen molar-refractivity contribution in [1.29, 1.82) is 0 Å². The molecule has 0 radical (unpaired) electrons. The summed E-state index contributed by atoms with van der Waals surface area (Å²) in [6.45, 7) is 9.93. The zero-order valence-electron chi connectivity index (χ0n) is 21.7. The minimum Gasteiger partial charge on any atom is -0.382 e. The van der Waals surface area contributed by atoms with Crippen LogP contribution in [0.1, 0.15) is 32.5 Å². The van der Waals surface area contributed by atoms with E-state index in [1.807, 2.05) is 54.9 Å². The van der Waals surface area contributed by atoms with E-state index in [0.717, 1.165) is 23.1 Å². The van der Waals surface area contributed by atoms with Crippen molar-refractivity contribution in [2.24, 2.45) is 15.8 Å². The molecule has 196 valence electrons. The second kappa shape index (κ2) is 9.94. The number of aliphatic imine (C=N–C) groups is 1. The minimum absolute atomic E-state index is 0.114. The Labute approximate surface area is 216 Å². The number of carbonyl (C=O) groups is 1. The molecule has 1 saturated heterocycles. The molecule has 4 rings (SSSR count). The molecule has 11 nitrogen and oxygen atoms in total. The van der Waals surface area contributed by atoms with Crippen molar-refractivity contribution >= 4 is 34.2 Å². The van der Waals surface area contributed by atoms with E-state index in [1.54, 1.807) is 29.7 Å². The molecule has 1 atom stereocenters. The van der Waals surface area contributed by atoms with E-state index in [4.69, 9.17) is 5.73 Å². The molecular formula is C25H32N8O3S. The summed E-state index contributed by atoms with van der Waals surface area (Å²) < 4.78 is 28.9. The number of amidine groups is 1. The molecule has 0 spiro atoms. The lowest BCUT2D eigenvalue weighted by Gasteiger charge is -2.37. The molecule has 0 aliphatic carbocycles. The van der Waals surface area contributed by atoms with Gasteiger partial charge in [0.1, 0.15) is 17.6 Å². The van der Waals surface area contributed by atoms with Crippen molar-refractivity contribution in [2.75, 3.05) is 31.3 Å². The van der Waals surface area contributed by atoms with Crippen LogP contribution in [0.5, 0.6) is 0 Å². The Hall–Kier alpha value is -3.77. The maximum atomic E-state index is 13.1. The van der Waals surface area contributed by atoms with Gasteiger partial charge in [0.05, 0.1) is 17.6 Å². The van der Waals surface area contributed by atoms with E-state index in [0.29, 0.717) is 22.9 Å². The van der Waals surface area contributed by atoms with Gasteiger partial charge in [0.25, 0.3) is 0 Å². The van der Waals surface area contributed by atoms with Crippen LogP contribution in [0, 0.1) is 0 Å². The highest BCUT2D eigenvalue weighted by Gasteiger charge is 2.37. The zero-order chi connectivity index (χ0) is 27.1. The Balaban J connectivity index is 1.82. The molecule has 1 unspecified atom stereocenters. The molecule has 1 aliphatic heterocycles. The quantitative estimate of drug-likeness (QED) is 0.375. The number of sulfonamides is 1. The Kier molecular flexibility index (Phi) is 7.07. The molecule has 3 heterocycles. The number of anilines is 1. The van der Waals surface area contributed by atoms with Gasteiger partial charge in [0.15, 0.2) is 0 Å². The molecule has 1 aliphatic rings. The molecular weight excluding hydrogens is 492 g/mol. The lowest BCUT2D eigenvalue weighted by Crippen LogP contribution is -2.57. The average molecular weight is 525 g/mol. The third-order valence-electron chi connectivity index (χ3n) is 6.52. The Morgan fingerprint density at radius 3 is 2.54 bits per heavy atom. The van der Waals surface area contributed by atoms with Gasteiger partial charge in [-0.25, -0.2) is 13.1 Å². The second-order valence-corrected chi connectivity index (χ2v) is 11.1. The van der Waals surface area contributed by atoms with Crippen LogP contribution >= 0.6 is 0 Å². The van der Waals surface area contributed by atoms with Crippen LogP contribution in [0.2, 0.25) is 0 Å². The van der Waals surface area contributed by atoms with E-state index < -0.39 is 16.1 Å². The number of nitrogens with zero attached hydrogens (tertiary/aromatic N) is 7.